The molecule has 0 radical (unpaired) electrons. The number of piperidine rings is 1. The summed E-state index contributed by atoms with van der Waals surface area (Å²) in [6.07, 6.45) is 3.73. The first kappa shape index (κ1) is 12.2. The highest BCUT2D eigenvalue weighted by atomic mass is 16.5. The number of aromatic nitrogens is 4. The highest BCUT2D eigenvalue weighted by Gasteiger charge is 2.34. The van der Waals surface area contributed by atoms with Crippen LogP contribution >= 0.6 is 0 Å². The molecule has 6 heteroatoms. The number of nitrogens with zero attached hydrogens (tertiary/aromatic N) is 4. The van der Waals surface area contributed by atoms with Crippen molar-refractivity contribution in [3.05, 3.63) is 24.0 Å². The molecule has 0 unspecified atom stereocenters. The van der Waals surface area contributed by atoms with Crippen LogP contribution in [0.3, 0.4) is 0 Å². The first-order valence-electron chi connectivity index (χ1n) is 6.52. The van der Waals surface area contributed by atoms with Gasteiger partial charge in [0.2, 0.25) is 11.7 Å². The van der Waals surface area contributed by atoms with Crippen LogP contribution in [0.5, 0.6) is 0 Å². The molecular formula is C13H17N5O. The van der Waals surface area contributed by atoms with E-state index in [4.69, 9.17) is 4.52 Å². The Balaban J connectivity index is 1.91. The normalized spacial score (nSPS) is 18.4. The smallest absolute Gasteiger partial charge is 0.233 e. The van der Waals surface area contributed by atoms with Gasteiger partial charge in [-0.25, -0.2) is 9.97 Å². The lowest BCUT2D eigenvalue weighted by molar-refractivity contribution is 0.241. The highest BCUT2D eigenvalue weighted by molar-refractivity contribution is 5.47. The van der Waals surface area contributed by atoms with E-state index in [2.05, 4.69) is 32.3 Å². The van der Waals surface area contributed by atoms with E-state index in [1.165, 1.54) is 0 Å². The van der Waals surface area contributed by atoms with Crippen LogP contribution in [0.15, 0.2) is 16.8 Å². The summed E-state index contributed by atoms with van der Waals surface area (Å²) in [5.74, 6) is 1.96. The summed E-state index contributed by atoms with van der Waals surface area (Å²) in [6, 6.07) is 1.80. The summed E-state index contributed by atoms with van der Waals surface area (Å²) >= 11 is 0. The second kappa shape index (κ2) is 4.70. The zero-order valence-corrected chi connectivity index (χ0v) is 11.2. The summed E-state index contributed by atoms with van der Waals surface area (Å²) in [4.78, 5) is 12.9. The molecule has 0 aromatic carbocycles. The second-order valence-corrected chi connectivity index (χ2v) is 5.22. The zero-order chi connectivity index (χ0) is 13.3. The van der Waals surface area contributed by atoms with Crippen LogP contribution in [-0.4, -0.2) is 33.2 Å². The lowest BCUT2D eigenvalue weighted by atomic mass is 9.81. The van der Waals surface area contributed by atoms with E-state index in [0.717, 1.165) is 25.9 Å². The Morgan fingerprint density at radius 1 is 1.26 bits per heavy atom. The van der Waals surface area contributed by atoms with Gasteiger partial charge in [0, 0.05) is 11.6 Å². The maximum atomic E-state index is 5.45. The van der Waals surface area contributed by atoms with Crippen molar-refractivity contribution >= 4 is 0 Å². The van der Waals surface area contributed by atoms with Crippen molar-refractivity contribution in [1.82, 2.24) is 25.4 Å². The molecule has 2 aromatic heterocycles. The first-order valence-corrected chi connectivity index (χ1v) is 6.52. The van der Waals surface area contributed by atoms with E-state index in [1.54, 1.807) is 12.3 Å². The molecule has 100 valence electrons. The van der Waals surface area contributed by atoms with E-state index in [0.29, 0.717) is 23.2 Å². The van der Waals surface area contributed by atoms with Gasteiger partial charge < -0.3 is 9.84 Å². The van der Waals surface area contributed by atoms with Gasteiger partial charge in [-0.2, -0.15) is 4.98 Å². The van der Waals surface area contributed by atoms with Crippen LogP contribution in [0, 0.1) is 6.92 Å². The van der Waals surface area contributed by atoms with E-state index < -0.39 is 0 Å². The Labute approximate surface area is 111 Å². The third-order valence-electron chi connectivity index (χ3n) is 3.65. The maximum absolute atomic E-state index is 5.45. The quantitative estimate of drug-likeness (QED) is 0.880. The molecule has 1 aliphatic heterocycles. The third-order valence-corrected chi connectivity index (χ3v) is 3.65. The molecule has 3 heterocycles. The monoisotopic (exact) mass is 259 g/mol. The SMILES string of the molecule is Cc1nccc(-c2noc(C3(C)CCNCC3)n2)n1. The molecule has 2 aromatic rings. The molecule has 19 heavy (non-hydrogen) atoms. The van der Waals surface area contributed by atoms with Gasteiger partial charge in [0.15, 0.2) is 0 Å². The van der Waals surface area contributed by atoms with Gasteiger partial charge in [0.25, 0.3) is 0 Å². The molecule has 1 saturated heterocycles. The van der Waals surface area contributed by atoms with Crippen molar-refractivity contribution in [3.63, 3.8) is 0 Å². The average Bonchev–Trinajstić information content (AvgIpc) is 2.90. The number of hydrogen-bond donors (Lipinski definition) is 1. The minimum atomic E-state index is -0.0292. The minimum absolute atomic E-state index is 0.0292. The Morgan fingerprint density at radius 3 is 2.79 bits per heavy atom. The summed E-state index contributed by atoms with van der Waals surface area (Å²) in [7, 11) is 0. The van der Waals surface area contributed by atoms with Gasteiger partial charge in [-0.3, -0.25) is 0 Å². The zero-order valence-electron chi connectivity index (χ0n) is 11.2. The second-order valence-electron chi connectivity index (χ2n) is 5.22. The predicted molar refractivity (Wildman–Crippen MR) is 69.5 cm³/mol. The maximum Gasteiger partial charge on any atom is 0.233 e. The molecule has 0 amide bonds. The molecule has 1 aliphatic rings. The van der Waals surface area contributed by atoms with Crippen LogP contribution in [-0.2, 0) is 5.41 Å². The number of rotatable bonds is 2. The van der Waals surface area contributed by atoms with Crippen LogP contribution in [0.1, 0.15) is 31.5 Å². The van der Waals surface area contributed by atoms with Crippen molar-refractivity contribution in [2.24, 2.45) is 0 Å². The molecule has 0 bridgehead atoms. The third kappa shape index (κ3) is 2.35. The van der Waals surface area contributed by atoms with Crippen molar-refractivity contribution < 1.29 is 4.52 Å². The summed E-state index contributed by atoms with van der Waals surface area (Å²) in [6.45, 7) is 6.00. The molecule has 3 rings (SSSR count). The fraction of sp³-hybridized carbons (Fsp3) is 0.538. The summed E-state index contributed by atoms with van der Waals surface area (Å²) in [5, 5.41) is 7.40. The van der Waals surface area contributed by atoms with Gasteiger partial charge in [0.1, 0.15) is 11.5 Å². The van der Waals surface area contributed by atoms with Crippen molar-refractivity contribution in [3.8, 4) is 11.5 Å². The van der Waals surface area contributed by atoms with E-state index in [-0.39, 0.29) is 5.41 Å². The molecule has 0 atom stereocenters. The standard InChI is InChI=1S/C13H17N5O/c1-9-15-6-3-10(16-9)11-17-12(19-18-11)13(2)4-7-14-8-5-13/h3,6,14H,4-5,7-8H2,1-2H3. The van der Waals surface area contributed by atoms with E-state index in [9.17, 15) is 0 Å². The fourth-order valence-corrected chi connectivity index (χ4v) is 2.35. The Hall–Kier alpha value is -1.82. The lowest BCUT2D eigenvalue weighted by Crippen LogP contribution is -2.37. The molecule has 0 aliphatic carbocycles. The van der Waals surface area contributed by atoms with Gasteiger partial charge in [-0.15, -0.1) is 0 Å². The predicted octanol–water partition coefficient (Wildman–Crippen LogP) is 1.48. The Kier molecular flexibility index (Phi) is 3.02. The van der Waals surface area contributed by atoms with Crippen molar-refractivity contribution in [2.75, 3.05) is 13.1 Å². The molecule has 6 nitrogen and oxygen atoms in total. The molecule has 1 N–H and O–H groups in total. The highest BCUT2D eigenvalue weighted by Crippen LogP contribution is 2.32. The summed E-state index contributed by atoms with van der Waals surface area (Å²) < 4.78 is 5.45. The number of hydrogen-bond acceptors (Lipinski definition) is 6. The van der Waals surface area contributed by atoms with Crippen LogP contribution < -0.4 is 5.32 Å². The van der Waals surface area contributed by atoms with Gasteiger partial charge in [-0.1, -0.05) is 12.1 Å². The van der Waals surface area contributed by atoms with Gasteiger partial charge in [-0.05, 0) is 38.9 Å². The van der Waals surface area contributed by atoms with E-state index in [1.807, 2.05) is 6.92 Å². The van der Waals surface area contributed by atoms with Gasteiger partial charge >= 0.3 is 0 Å². The Bertz CT molecular complexity index is 574. The minimum Gasteiger partial charge on any atom is -0.338 e. The van der Waals surface area contributed by atoms with Crippen molar-refractivity contribution in [1.29, 1.82) is 0 Å². The average molecular weight is 259 g/mol. The topological polar surface area (TPSA) is 76.7 Å². The van der Waals surface area contributed by atoms with Crippen LogP contribution in [0.25, 0.3) is 11.5 Å². The van der Waals surface area contributed by atoms with Gasteiger partial charge in [0.05, 0.1) is 0 Å². The molecular weight excluding hydrogens is 242 g/mol. The molecule has 0 spiro atoms. The largest absolute Gasteiger partial charge is 0.338 e. The fourth-order valence-electron chi connectivity index (χ4n) is 2.35. The molecule has 0 saturated carbocycles. The van der Waals surface area contributed by atoms with Crippen molar-refractivity contribution in [2.45, 2.75) is 32.1 Å². The Morgan fingerprint density at radius 2 is 2.05 bits per heavy atom. The number of nitrogens with one attached hydrogen (secondary N) is 1. The lowest BCUT2D eigenvalue weighted by Gasteiger charge is -2.30. The summed E-state index contributed by atoms with van der Waals surface area (Å²) in [5.41, 5.74) is 0.679. The van der Waals surface area contributed by atoms with Crippen LogP contribution in [0.2, 0.25) is 0 Å². The van der Waals surface area contributed by atoms with E-state index >= 15 is 0 Å². The first-order chi connectivity index (χ1) is 9.17. The van der Waals surface area contributed by atoms with Crippen LogP contribution in [0.4, 0.5) is 0 Å². The molecule has 1 fully saturated rings. The number of aryl methyl sites for hydroxylation is 1.